The first kappa shape index (κ1) is 14.1. The molecule has 5 nitrogen and oxygen atoms in total. The van der Waals surface area contributed by atoms with Gasteiger partial charge in [-0.25, -0.2) is 12.8 Å². The number of halogens is 3. The van der Waals surface area contributed by atoms with Crippen molar-refractivity contribution in [2.24, 2.45) is 0 Å². The van der Waals surface area contributed by atoms with Crippen molar-refractivity contribution in [3.8, 4) is 0 Å². The summed E-state index contributed by atoms with van der Waals surface area (Å²) in [7, 11) is -4.00. The zero-order valence-electron chi connectivity index (χ0n) is 8.19. The van der Waals surface area contributed by atoms with Crippen LogP contribution < -0.4 is 0 Å². The Morgan fingerprint density at radius 1 is 1.41 bits per heavy atom. The fourth-order valence-corrected chi connectivity index (χ4v) is 3.05. The number of nitro groups is 1. The molecule has 0 heterocycles. The van der Waals surface area contributed by atoms with Crippen molar-refractivity contribution in [1.82, 2.24) is 0 Å². The summed E-state index contributed by atoms with van der Waals surface area (Å²) in [6.45, 7) is 0. The van der Waals surface area contributed by atoms with Crippen LogP contribution in [0.15, 0.2) is 17.0 Å². The molecule has 0 aliphatic carbocycles. The van der Waals surface area contributed by atoms with Crippen LogP contribution in [-0.2, 0) is 9.84 Å². The molecule has 0 saturated heterocycles. The molecule has 0 atom stereocenters. The second-order valence-corrected chi connectivity index (χ2v) is 5.86. The summed E-state index contributed by atoms with van der Waals surface area (Å²) in [4.78, 5) is 9.01. The van der Waals surface area contributed by atoms with Crippen molar-refractivity contribution in [2.45, 2.75) is 4.90 Å². The minimum atomic E-state index is -4.00. The van der Waals surface area contributed by atoms with E-state index in [-0.39, 0.29) is 5.88 Å². The van der Waals surface area contributed by atoms with Crippen molar-refractivity contribution in [2.75, 3.05) is 11.6 Å². The van der Waals surface area contributed by atoms with Gasteiger partial charge in [0.15, 0.2) is 9.84 Å². The van der Waals surface area contributed by atoms with Crippen LogP contribution in [0.5, 0.6) is 0 Å². The molecule has 0 N–H and O–H groups in total. The molecule has 0 aromatic heterocycles. The van der Waals surface area contributed by atoms with Gasteiger partial charge in [-0.3, -0.25) is 10.1 Å². The molecule has 0 unspecified atom stereocenters. The monoisotopic (exact) mass is 301 g/mol. The van der Waals surface area contributed by atoms with Crippen LogP contribution in [0.2, 0.25) is 5.02 Å². The molecular formula is C8H6Cl2FNO4S. The molecule has 9 heteroatoms. The van der Waals surface area contributed by atoms with Gasteiger partial charge >= 0.3 is 0 Å². The van der Waals surface area contributed by atoms with Crippen molar-refractivity contribution in [3.63, 3.8) is 0 Å². The van der Waals surface area contributed by atoms with E-state index in [0.29, 0.717) is 12.1 Å². The molecule has 0 aliphatic rings. The number of rotatable bonds is 4. The Morgan fingerprint density at radius 2 is 2.00 bits per heavy atom. The highest BCUT2D eigenvalue weighted by Gasteiger charge is 2.27. The van der Waals surface area contributed by atoms with Gasteiger partial charge in [-0.2, -0.15) is 0 Å². The Labute approximate surface area is 106 Å². The second kappa shape index (κ2) is 5.16. The molecule has 1 rings (SSSR count). The van der Waals surface area contributed by atoms with E-state index in [0.717, 1.165) is 0 Å². The van der Waals surface area contributed by atoms with Crippen LogP contribution in [0.3, 0.4) is 0 Å². The SMILES string of the molecule is O=[N+]([O-])c1cc(Cl)c(F)cc1S(=O)(=O)CCCl. The second-order valence-electron chi connectivity index (χ2n) is 3.00. The predicted octanol–water partition coefficient (Wildman–Crippen LogP) is 2.40. The minimum Gasteiger partial charge on any atom is -0.258 e. The van der Waals surface area contributed by atoms with Gasteiger partial charge < -0.3 is 0 Å². The Bertz CT molecular complexity index is 561. The maximum Gasteiger partial charge on any atom is 0.289 e. The number of alkyl halides is 1. The number of nitrogens with zero attached hydrogens (tertiary/aromatic N) is 1. The van der Waals surface area contributed by atoms with E-state index < -0.39 is 41.9 Å². The fourth-order valence-electron chi connectivity index (χ4n) is 1.12. The molecule has 17 heavy (non-hydrogen) atoms. The van der Waals surface area contributed by atoms with Crippen LogP contribution in [0.1, 0.15) is 0 Å². The number of benzene rings is 1. The number of nitro benzene ring substituents is 1. The average molecular weight is 302 g/mol. The molecule has 0 aliphatic heterocycles. The highest BCUT2D eigenvalue weighted by molar-refractivity contribution is 7.91. The summed E-state index contributed by atoms with van der Waals surface area (Å²) in [5, 5.41) is 10.2. The Balaban J connectivity index is 3.52. The molecule has 0 radical (unpaired) electrons. The smallest absolute Gasteiger partial charge is 0.258 e. The first-order valence-corrected chi connectivity index (χ1v) is 6.78. The third-order valence-corrected chi connectivity index (χ3v) is 4.32. The molecule has 0 spiro atoms. The quantitative estimate of drug-likeness (QED) is 0.486. The van der Waals surface area contributed by atoms with Crippen molar-refractivity contribution < 1.29 is 17.7 Å². The molecular weight excluding hydrogens is 296 g/mol. The Morgan fingerprint density at radius 3 is 2.47 bits per heavy atom. The molecule has 0 bridgehead atoms. The van der Waals surface area contributed by atoms with Crippen LogP contribution >= 0.6 is 23.2 Å². The summed E-state index contributed by atoms with van der Waals surface area (Å²) >= 11 is 10.6. The van der Waals surface area contributed by atoms with Crippen molar-refractivity contribution in [1.29, 1.82) is 0 Å². The number of sulfone groups is 1. The summed E-state index contributed by atoms with van der Waals surface area (Å²) in [6.07, 6.45) is 0. The molecule has 94 valence electrons. The highest BCUT2D eigenvalue weighted by Crippen LogP contribution is 2.30. The van der Waals surface area contributed by atoms with Gasteiger partial charge in [0.1, 0.15) is 10.7 Å². The largest absolute Gasteiger partial charge is 0.289 e. The minimum absolute atomic E-state index is 0.246. The zero-order chi connectivity index (χ0) is 13.2. The van der Waals surface area contributed by atoms with Gasteiger partial charge in [-0.1, -0.05) is 11.6 Å². The lowest BCUT2D eigenvalue weighted by atomic mass is 10.3. The normalized spacial score (nSPS) is 11.5. The fraction of sp³-hybridized carbons (Fsp3) is 0.250. The zero-order valence-corrected chi connectivity index (χ0v) is 10.5. The molecule has 0 saturated carbocycles. The number of hydrogen-bond donors (Lipinski definition) is 0. The molecule has 1 aromatic carbocycles. The maximum atomic E-state index is 13.1. The summed E-state index contributed by atoms with van der Waals surface area (Å²) in [6, 6.07) is 1.19. The molecule has 1 aromatic rings. The first-order valence-electron chi connectivity index (χ1n) is 4.21. The van der Waals surface area contributed by atoms with E-state index in [9.17, 15) is 22.9 Å². The highest BCUT2D eigenvalue weighted by atomic mass is 35.5. The van der Waals surface area contributed by atoms with Gasteiger partial charge in [0.25, 0.3) is 5.69 Å². The van der Waals surface area contributed by atoms with Crippen LogP contribution in [-0.4, -0.2) is 25.0 Å². The predicted molar refractivity (Wildman–Crippen MR) is 60.8 cm³/mol. The van der Waals surface area contributed by atoms with Crippen molar-refractivity contribution >= 4 is 38.7 Å². The van der Waals surface area contributed by atoms with Gasteiger partial charge in [0.05, 0.1) is 15.7 Å². The summed E-state index contributed by atoms with van der Waals surface area (Å²) < 4.78 is 36.4. The topological polar surface area (TPSA) is 77.3 Å². The lowest BCUT2D eigenvalue weighted by Gasteiger charge is -2.04. The van der Waals surface area contributed by atoms with E-state index in [1.54, 1.807) is 0 Å². The third kappa shape index (κ3) is 3.05. The first-order chi connectivity index (χ1) is 7.79. The van der Waals surface area contributed by atoms with Gasteiger partial charge in [-0.05, 0) is 0 Å². The van der Waals surface area contributed by atoms with E-state index in [1.165, 1.54) is 0 Å². The van der Waals surface area contributed by atoms with Crippen LogP contribution in [0.4, 0.5) is 10.1 Å². The van der Waals surface area contributed by atoms with Gasteiger partial charge in [0, 0.05) is 18.0 Å². The third-order valence-electron chi connectivity index (χ3n) is 1.88. The standard InChI is InChI=1S/C8H6Cl2FNO4S/c9-1-2-17(15,16)8-4-6(11)5(10)3-7(8)12(13)14/h3-4H,1-2H2. The molecule has 0 fully saturated rings. The van der Waals surface area contributed by atoms with Crippen LogP contribution in [0, 0.1) is 15.9 Å². The van der Waals surface area contributed by atoms with Gasteiger partial charge in [0.2, 0.25) is 0 Å². The lowest BCUT2D eigenvalue weighted by molar-refractivity contribution is -0.387. The van der Waals surface area contributed by atoms with Gasteiger partial charge in [-0.15, -0.1) is 11.6 Å². The van der Waals surface area contributed by atoms with E-state index in [4.69, 9.17) is 23.2 Å². The Hall–Kier alpha value is -0.920. The maximum absolute atomic E-state index is 13.1. The Kier molecular flexibility index (Phi) is 4.29. The summed E-state index contributed by atoms with van der Waals surface area (Å²) in [5.74, 6) is -1.80. The number of hydrogen-bond acceptors (Lipinski definition) is 4. The molecule has 0 amide bonds. The van der Waals surface area contributed by atoms with E-state index in [2.05, 4.69) is 0 Å². The summed E-state index contributed by atoms with van der Waals surface area (Å²) in [5.41, 5.74) is -0.762. The van der Waals surface area contributed by atoms with E-state index in [1.807, 2.05) is 0 Å². The van der Waals surface area contributed by atoms with Crippen LogP contribution in [0.25, 0.3) is 0 Å². The average Bonchev–Trinajstić information content (AvgIpc) is 2.20. The van der Waals surface area contributed by atoms with E-state index >= 15 is 0 Å². The van der Waals surface area contributed by atoms with Crippen molar-refractivity contribution in [3.05, 3.63) is 33.1 Å². The lowest BCUT2D eigenvalue weighted by Crippen LogP contribution is -2.11.